The second-order valence-electron chi connectivity index (χ2n) is 2.54. The first-order chi connectivity index (χ1) is 5.82. The molecule has 1 atom stereocenters. The normalized spacial score (nSPS) is 14.6. The molecular formula is C7H6BrF3O2. The highest BCUT2D eigenvalue weighted by atomic mass is 79.9. The molecule has 1 aromatic rings. The average Bonchev–Trinajstić information content (AvgIpc) is 2.26. The molecule has 1 unspecified atom stereocenters. The summed E-state index contributed by atoms with van der Waals surface area (Å²) >= 11 is 2.87. The number of hydrogen-bond acceptors (Lipinski definition) is 2. The lowest BCUT2D eigenvalue weighted by Gasteiger charge is -2.12. The molecule has 0 radical (unpaired) electrons. The van der Waals surface area contributed by atoms with Gasteiger partial charge in [0.2, 0.25) is 6.10 Å². The number of rotatable bonds is 1. The summed E-state index contributed by atoms with van der Waals surface area (Å²) in [6.07, 6.45) is -7.25. The van der Waals surface area contributed by atoms with E-state index >= 15 is 0 Å². The molecule has 13 heavy (non-hydrogen) atoms. The van der Waals surface area contributed by atoms with Crippen molar-refractivity contribution < 1.29 is 22.7 Å². The van der Waals surface area contributed by atoms with Crippen LogP contribution in [0.4, 0.5) is 13.2 Å². The Morgan fingerprint density at radius 1 is 1.54 bits per heavy atom. The molecule has 0 saturated heterocycles. The number of aryl methyl sites for hydroxylation is 1. The van der Waals surface area contributed by atoms with E-state index in [9.17, 15) is 13.2 Å². The summed E-state index contributed by atoms with van der Waals surface area (Å²) in [6.45, 7) is 1.43. The van der Waals surface area contributed by atoms with Crippen LogP contribution in [-0.4, -0.2) is 11.3 Å². The van der Waals surface area contributed by atoms with Gasteiger partial charge in [-0.1, -0.05) is 0 Å². The Hall–Kier alpha value is -0.490. The Bertz CT molecular complexity index is 305. The van der Waals surface area contributed by atoms with Crippen molar-refractivity contribution in [3.63, 3.8) is 0 Å². The molecule has 0 bridgehead atoms. The van der Waals surface area contributed by atoms with E-state index in [1.54, 1.807) is 0 Å². The average molecular weight is 259 g/mol. The monoisotopic (exact) mass is 258 g/mol. The van der Waals surface area contributed by atoms with E-state index in [4.69, 9.17) is 5.11 Å². The first-order valence-electron chi connectivity index (χ1n) is 3.33. The number of alkyl halides is 3. The van der Waals surface area contributed by atoms with E-state index < -0.39 is 18.0 Å². The van der Waals surface area contributed by atoms with Crippen LogP contribution in [-0.2, 0) is 0 Å². The topological polar surface area (TPSA) is 33.4 Å². The number of halogens is 4. The van der Waals surface area contributed by atoms with Gasteiger partial charge < -0.3 is 9.52 Å². The molecular weight excluding hydrogens is 253 g/mol. The summed E-state index contributed by atoms with van der Waals surface area (Å²) in [5.41, 5.74) is 0.261. The first-order valence-corrected chi connectivity index (χ1v) is 4.12. The number of furan rings is 1. The standard InChI is InChI=1S/C7H6BrF3O2/c1-3-2-4(8)13-5(3)6(12)7(9,10)11/h2,6,12H,1H3. The van der Waals surface area contributed by atoms with Crippen LogP contribution in [0.15, 0.2) is 15.2 Å². The zero-order valence-electron chi connectivity index (χ0n) is 6.52. The van der Waals surface area contributed by atoms with Crippen molar-refractivity contribution in [1.82, 2.24) is 0 Å². The molecule has 6 heteroatoms. The smallest absolute Gasteiger partial charge is 0.421 e. The van der Waals surface area contributed by atoms with Gasteiger partial charge in [0.25, 0.3) is 0 Å². The van der Waals surface area contributed by atoms with Crippen molar-refractivity contribution in [3.8, 4) is 0 Å². The van der Waals surface area contributed by atoms with Crippen molar-refractivity contribution in [2.75, 3.05) is 0 Å². The second kappa shape index (κ2) is 3.34. The maximum Gasteiger partial charge on any atom is 0.421 e. The van der Waals surface area contributed by atoms with Crippen LogP contribution in [0, 0.1) is 6.92 Å². The quantitative estimate of drug-likeness (QED) is 0.841. The van der Waals surface area contributed by atoms with E-state index in [-0.39, 0.29) is 10.2 Å². The maximum absolute atomic E-state index is 12.0. The fourth-order valence-corrected chi connectivity index (χ4v) is 1.39. The molecule has 1 heterocycles. The van der Waals surface area contributed by atoms with Gasteiger partial charge in [0.05, 0.1) is 0 Å². The van der Waals surface area contributed by atoms with Gasteiger partial charge in [0.15, 0.2) is 4.67 Å². The van der Waals surface area contributed by atoms with E-state index in [2.05, 4.69) is 20.3 Å². The highest BCUT2D eigenvalue weighted by Gasteiger charge is 2.42. The third kappa shape index (κ3) is 2.25. The van der Waals surface area contributed by atoms with Crippen LogP contribution in [0.25, 0.3) is 0 Å². The molecule has 0 aromatic carbocycles. The van der Waals surface area contributed by atoms with E-state index in [1.165, 1.54) is 13.0 Å². The van der Waals surface area contributed by atoms with E-state index in [1.807, 2.05) is 0 Å². The summed E-state index contributed by atoms with van der Waals surface area (Å²) in [7, 11) is 0. The Balaban J connectivity index is 3.01. The van der Waals surface area contributed by atoms with Crippen LogP contribution in [0.3, 0.4) is 0 Å². The van der Waals surface area contributed by atoms with Crippen molar-refractivity contribution >= 4 is 15.9 Å². The number of aliphatic hydroxyl groups is 1. The summed E-state index contributed by atoms with van der Waals surface area (Å²) in [5, 5.41) is 8.81. The van der Waals surface area contributed by atoms with Crippen LogP contribution in [0.1, 0.15) is 17.4 Å². The fraction of sp³-hybridized carbons (Fsp3) is 0.429. The molecule has 0 aliphatic carbocycles. The summed E-state index contributed by atoms with van der Waals surface area (Å²) in [5.74, 6) is -0.473. The first kappa shape index (κ1) is 10.6. The third-order valence-electron chi connectivity index (χ3n) is 1.48. The molecule has 0 fully saturated rings. The van der Waals surface area contributed by atoms with Gasteiger partial charge in [-0.05, 0) is 34.5 Å². The van der Waals surface area contributed by atoms with Gasteiger partial charge >= 0.3 is 6.18 Å². The molecule has 0 spiro atoms. The predicted octanol–water partition coefficient (Wildman–Crippen LogP) is 2.95. The van der Waals surface area contributed by atoms with Gasteiger partial charge in [-0.2, -0.15) is 13.2 Å². The van der Waals surface area contributed by atoms with Crippen LogP contribution in [0.2, 0.25) is 0 Å². The Morgan fingerprint density at radius 2 is 2.08 bits per heavy atom. The molecule has 2 nitrogen and oxygen atoms in total. The highest BCUT2D eigenvalue weighted by Crippen LogP contribution is 2.36. The summed E-state index contributed by atoms with van der Waals surface area (Å²) in [4.78, 5) is 0. The molecule has 0 aliphatic rings. The largest absolute Gasteiger partial charge is 0.451 e. The lowest BCUT2D eigenvalue weighted by atomic mass is 10.2. The number of hydrogen-bond donors (Lipinski definition) is 1. The van der Waals surface area contributed by atoms with E-state index in [0.717, 1.165) is 0 Å². The van der Waals surface area contributed by atoms with Gasteiger partial charge in [0, 0.05) is 0 Å². The lowest BCUT2D eigenvalue weighted by Crippen LogP contribution is -2.20. The van der Waals surface area contributed by atoms with Gasteiger partial charge in [-0.15, -0.1) is 0 Å². The van der Waals surface area contributed by atoms with Crippen LogP contribution >= 0.6 is 15.9 Å². The molecule has 1 aromatic heterocycles. The lowest BCUT2D eigenvalue weighted by molar-refractivity contribution is -0.212. The Kier molecular flexibility index (Phi) is 2.72. The van der Waals surface area contributed by atoms with Gasteiger partial charge in [-0.3, -0.25) is 0 Å². The molecule has 74 valence electrons. The SMILES string of the molecule is Cc1cc(Br)oc1C(O)C(F)(F)F. The Morgan fingerprint density at radius 3 is 2.38 bits per heavy atom. The third-order valence-corrected chi connectivity index (χ3v) is 1.88. The minimum Gasteiger partial charge on any atom is -0.451 e. The summed E-state index contributed by atoms with van der Waals surface area (Å²) in [6, 6.07) is 1.37. The van der Waals surface area contributed by atoms with Crippen LogP contribution < -0.4 is 0 Å². The van der Waals surface area contributed by atoms with Crippen LogP contribution in [0.5, 0.6) is 0 Å². The van der Waals surface area contributed by atoms with Crippen molar-refractivity contribution in [1.29, 1.82) is 0 Å². The zero-order valence-corrected chi connectivity index (χ0v) is 8.11. The molecule has 1 rings (SSSR count). The maximum atomic E-state index is 12.0. The number of aliphatic hydroxyl groups excluding tert-OH is 1. The Labute approximate surface area is 80.5 Å². The minimum atomic E-state index is -4.69. The molecule has 0 amide bonds. The molecule has 0 saturated carbocycles. The van der Waals surface area contributed by atoms with Crippen molar-refractivity contribution in [2.24, 2.45) is 0 Å². The summed E-state index contributed by atoms with van der Waals surface area (Å²) < 4.78 is 40.8. The van der Waals surface area contributed by atoms with Crippen molar-refractivity contribution in [3.05, 3.63) is 22.1 Å². The zero-order chi connectivity index (χ0) is 10.2. The fourth-order valence-electron chi connectivity index (χ4n) is 0.876. The molecule has 0 aliphatic heterocycles. The van der Waals surface area contributed by atoms with E-state index in [0.29, 0.717) is 0 Å². The predicted molar refractivity (Wildman–Crippen MR) is 42.2 cm³/mol. The molecule has 1 N–H and O–H groups in total. The van der Waals surface area contributed by atoms with Gasteiger partial charge in [0.1, 0.15) is 5.76 Å². The highest BCUT2D eigenvalue weighted by molar-refractivity contribution is 9.10. The van der Waals surface area contributed by atoms with Crippen molar-refractivity contribution in [2.45, 2.75) is 19.2 Å². The van der Waals surface area contributed by atoms with Gasteiger partial charge in [-0.25, -0.2) is 0 Å². The minimum absolute atomic E-state index is 0.170. The second-order valence-corrected chi connectivity index (χ2v) is 3.32.